The molecule has 16 heavy (non-hydrogen) atoms. The minimum atomic E-state index is 0.440. The van der Waals surface area contributed by atoms with Gasteiger partial charge in [-0.3, -0.25) is 0 Å². The number of hydrogen-bond acceptors (Lipinski definition) is 2. The lowest BCUT2D eigenvalue weighted by molar-refractivity contribution is 0.398. The van der Waals surface area contributed by atoms with Gasteiger partial charge in [-0.1, -0.05) is 41.4 Å². The predicted molar refractivity (Wildman–Crippen MR) is 66.0 cm³/mol. The Morgan fingerprint density at radius 3 is 2.38 bits per heavy atom. The fourth-order valence-electron chi connectivity index (χ4n) is 1.49. The third-order valence-corrected chi connectivity index (χ3v) is 2.56. The van der Waals surface area contributed by atoms with Crippen molar-refractivity contribution in [2.75, 3.05) is 7.11 Å². The van der Waals surface area contributed by atoms with E-state index in [2.05, 4.69) is 36.2 Å². The molecule has 1 heterocycles. The van der Waals surface area contributed by atoms with Gasteiger partial charge in [0.2, 0.25) is 5.88 Å². The second-order valence-corrected chi connectivity index (χ2v) is 3.97. The summed E-state index contributed by atoms with van der Waals surface area (Å²) in [5.41, 5.74) is 3.35. The van der Waals surface area contributed by atoms with E-state index in [-0.39, 0.29) is 0 Å². The zero-order valence-corrected chi connectivity index (χ0v) is 9.95. The van der Waals surface area contributed by atoms with Crippen molar-refractivity contribution in [1.82, 2.24) is 4.98 Å². The Hall–Kier alpha value is -1.54. The van der Waals surface area contributed by atoms with E-state index in [1.165, 1.54) is 5.56 Å². The molecule has 0 spiro atoms. The van der Waals surface area contributed by atoms with Crippen molar-refractivity contribution in [3.8, 4) is 17.0 Å². The second-order valence-electron chi connectivity index (χ2n) is 3.59. The largest absolute Gasteiger partial charge is 0.481 e. The number of aromatic nitrogens is 1. The van der Waals surface area contributed by atoms with Crippen molar-refractivity contribution in [2.24, 2.45) is 0 Å². The van der Waals surface area contributed by atoms with Gasteiger partial charge >= 0.3 is 0 Å². The first kappa shape index (κ1) is 11.0. The molecule has 0 fully saturated rings. The van der Waals surface area contributed by atoms with Crippen molar-refractivity contribution >= 4 is 11.6 Å². The van der Waals surface area contributed by atoms with Gasteiger partial charge in [0.1, 0.15) is 5.15 Å². The van der Waals surface area contributed by atoms with E-state index in [0.29, 0.717) is 11.0 Å². The molecule has 2 nitrogen and oxygen atoms in total. The Balaban J connectivity index is 2.47. The number of benzene rings is 1. The SMILES string of the molecule is COc1cc(-c2ccc(C)cc2)cc(Cl)n1. The van der Waals surface area contributed by atoms with Gasteiger partial charge in [0.25, 0.3) is 0 Å². The summed E-state index contributed by atoms with van der Waals surface area (Å²) in [5.74, 6) is 0.531. The maximum absolute atomic E-state index is 5.92. The molecule has 0 atom stereocenters. The number of nitrogens with zero attached hydrogens (tertiary/aromatic N) is 1. The molecule has 82 valence electrons. The average molecular weight is 234 g/mol. The molecule has 0 aliphatic heterocycles. The number of methoxy groups -OCH3 is 1. The zero-order chi connectivity index (χ0) is 11.5. The van der Waals surface area contributed by atoms with Crippen LogP contribution in [0.15, 0.2) is 36.4 Å². The summed E-state index contributed by atoms with van der Waals surface area (Å²) in [6, 6.07) is 11.9. The van der Waals surface area contributed by atoms with Crippen molar-refractivity contribution in [3.05, 3.63) is 47.1 Å². The van der Waals surface area contributed by atoms with Crippen LogP contribution in [0.5, 0.6) is 5.88 Å². The molecule has 0 radical (unpaired) electrons. The molecule has 1 aromatic carbocycles. The van der Waals surface area contributed by atoms with Crippen LogP contribution in [0.2, 0.25) is 5.15 Å². The smallest absolute Gasteiger partial charge is 0.214 e. The van der Waals surface area contributed by atoms with E-state index in [9.17, 15) is 0 Å². The van der Waals surface area contributed by atoms with Crippen LogP contribution in [-0.4, -0.2) is 12.1 Å². The number of ether oxygens (including phenoxy) is 1. The maximum atomic E-state index is 5.92. The number of rotatable bonds is 2. The molecular weight excluding hydrogens is 222 g/mol. The first-order valence-electron chi connectivity index (χ1n) is 4.97. The molecular formula is C13H12ClNO. The topological polar surface area (TPSA) is 22.1 Å². The molecule has 1 aromatic heterocycles. The minimum Gasteiger partial charge on any atom is -0.481 e. The Labute approximate surface area is 99.9 Å². The molecule has 0 aliphatic carbocycles. The van der Waals surface area contributed by atoms with Gasteiger partial charge < -0.3 is 4.74 Å². The van der Waals surface area contributed by atoms with Crippen LogP contribution in [0.4, 0.5) is 0 Å². The fraction of sp³-hybridized carbons (Fsp3) is 0.154. The van der Waals surface area contributed by atoms with Crippen LogP contribution in [0.25, 0.3) is 11.1 Å². The van der Waals surface area contributed by atoms with Crippen LogP contribution in [0.3, 0.4) is 0 Å². The fourth-order valence-corrected chi connectivity index (χ4v) is 1.69. The lowest BCUT2D eigenvalue weighted by atomic mass is 10.1. The molecule has 0 saturated heterocycles. The molecule has 0 bridgehead atoms. The second kappa shape index (κ2) is 4.54. The maximum Gasteiger partial charge on any atom is 0.214 e. The van der Waals surface area contributed by atoms with E-state index in [1.54, 1.807) is 7.11 Å². The standard InChI is InChI=1S/C13H12ClNO/c1-9-3-5-10(6-4-9)11-7-12(14)15-13(8-11)16-2/h3-8H,1-2H3. The van der Waals surface area contributed by atoms with Gasteiger partial charge in [0, 0.05) is 6.07 Å². The Bertz CT molecular complexity index is 494. The van der Waals surface area contributed by atoms with E-state index in [0.717, 1.165) is 11.1 Å². The minimum absolute atomic E-state index is 0.440. The van der Waals surface area contributed by atoms with Crippen molar-refractivity contribution in [3.63, 3.8) is 0 Å². The molecule has 0 unspecified atom stereocenters. The van der Waals surface area contributed by atoms with Crippen LogP contribution in [-0.2, 0) is 0 Å². The van der Waals surface area contributed by atoms with E-state index < -0.39 is 0 Å². The van der Waals surface area contributed by atoms with Gasteiger partial charge in [-0.25, -0.2) is 4.98 Å². The lowest BCUT2D eigenvalue weighted by Crippen LogP contribution is -1.89. The first-order valence-corrected chi connectivity index (χ1v) is 5.35. The van der Waals surface area contributed by atoms with Crippen molar-refractivity contribution < 1.29 is 4.74 Å². The van der Waals surface area contributed by atoms with Gasteiger partial charge in [-0.05, 0) is 24.1 Å². The Kier molecular flexibility index (Phi) is 3.11. The highest BCUT2D eigenvalue weighted by Gasteiger charge is 2.03. The molecule has 2 aromatic rings. The van der Waals surface area contributed by atoms with Gasteiger partial charge in [0.15, 0.2) is 0 Å². The Morgan fingerprint density at radius 2 is 1.75 bits per heavy atom. The summed E-state index contributed by atoms with van der Waals surface area (Å²) >= 11 is 5.92. The van der Waals surface area contributed by atoms with Gasteiger partial charge in [-0.2, -0.15) is 0 Å². The van der Waals surface area contributed by atoms with Crippen molar-refractivity contribution in [1.29, 1.82) is 0 Å². The van der Waals surface area contributed by atoms with E-state index in [1.807, 2.05) is 12.1 Å². The molecule has 0 amide bonds. The third-order valence-electron chi connectivity index (χ3n) is 2.36. The van der Waals surface area contributed by atoms with Crippen LogP contribution >= 0.6 is 11.6 Å². The zero-order valence-electron chi connectivity index (χ0n) is 9.20. The summed E-state index contributed by atoms with van der Waals surface area (Å²) in [5, 5.41) is 0.440. The van der Waals surface area contributed by atoms with E-state index in [4.69, 9.17) is 16.3 Å². The highest BCUT2D eigenvalue weighted by Crippen LogP contribution is 2.25. The summed E-state index contributed by atoms with van der Waals surface area (Å²) in [6.45, 7) is 2.06. The lowest BCUT2D eigenvalue weighted by Gasteiger charge is -2.05. The van der Waals surface area contributed by atoms with Crippen LogP contribution in [0.1, 0.15) is 5.56 Å². The monoisotopic (exact) mass is 233 g/mol. The van der Waals surface area contributed by atoms with Crippen LogP contribution in [0, 0.1) is 6.92 Å². The third kappa shape index (κ3) is 2.34. The average Bonchev–Trinajstić information content (AvgIpc) is 2.29. The van der Waals surface area contributed by atoms with E-state index >= 15 is 0 Å². The number of pyridine rings is 1. The molecule has 0 N–H and O–H groups in total. The molecule has 0 saturated carbocycles. The number of aryl methyl sites for hydroxylation is 1. The highest BCUT2D eigenvalue weighted by molar-refractivity contribution is 6.29. The first-order chi connectivity index (χ1) is 7.69. The molecule has 3 heteroatoms. The summed E-state index contributed by atoms with van der Waals surface area (Å²) < 4.78 is 5.09. The van der Waals surface area contributed by atoms with Gasteiger partial charge in [-0.15, -0.1) is 0 Å². The molecule has 0 aliphatic rings. The highest BCUT2D eigenvalue weighted by atomic mass is 35.5. The Morgan fingerprint density at radius 1 is 1.06 bits per heavy atom. The van der Waals surface area contributed by atoms with Crippen molar-refractivity contribution in [2.45, 2.75) is 6.92 Å². The number of hydrogen-bond donors (Lipinski definition) is 0. The quantitative estimate of drug-likeness (QED) is 0.738. The van der Waals surface area contributed by atoms with Gasteiger partial charge in [0.05, 0.1) is 7.11 Å². The van der Waals surface area contributed by atoms with Crippen LogP contribution < -0.4 is 4.74 Å². The summed E-state index contributed by atoms with van der Waals surface area (Å²) in [7, 11) is 1.58. The number of halogens is 1. The predicted octanol–water partition coefficient (Wildman–Crippen LogP) is 3.72. The molecule has 2 rings (SSSR count). The summed E-state index contributed by atoms with van der Waals surface area (Å²) in [6.07, 6.45) is 0. The normalized spacial score (nSPS) is 10.2. The summed E-state index contributed by atoms with van der Waals surface area (Å²) in [4.78, 5) is 4.04.